The molecule has 1 aromatic heterocycles. The highest BCUT2D eigenvalue weighted by atomic mass is 15.1. The highest BCUT2D eigenvalue weighted by Gasteiger charge is 2.25. The van der Waals surface area contributed by atoms with E-state index in [4.69, 9.17) is 0 Å². The maximum atomic E-state index is 4.57. The van der Waals surface area contributed by atoms with E-state index >= 15 is 0 Å². The van der Waals surface area contributed by atoms with Crippen LogP contribution < -0.4 is 0 Å². The highest BCUT2D eigenvalue weighted by molar-refractivity contribution is 5.22. The first-order valence-electron chi connectivity index (χ1n) is 7.28. The lowest BCUT2D eigenvalue weighted by atomic mass is 10.1. The molecule has 2 heterocycles. The molecule has 3 nitrogen and oxygen atoms in total. The maximum absolute atomic E-state index is 4.57. The van der Waals surface area contributed by atoms with Crippen molar-refractivity contribution in [3.63, 3.8) is 0 Å². The molecule has 0 bridgehead atoms. The summed E-state index contributed by atoms with van der Waals surface area (Å²) >= 11 is 0. The summed E-state index contributed by atoms with van der Waals surface area (Å²) in [6, 6.07) is 10.7. The molecule has 2 aromatic rings. The van der Waals surface area contributed by atoms with Crippen LogP contribution in [0.2, 0.25) is 0 Å². The third-order valence-corrected chi connectivity index (χ3v) is 3.94. The van der Waals surface area contributed by atoms with E-state index in [0.29, 0.717) is 5.92 Å². The van der Waals surface area contributed by atoms with E-state index in [1.807, 2.05) is 19.2 Å². The Labute approximate surface area is 120 Å². The van der Waals surface area contributed by atoms with Gasteiger partial charge >= 0.3 is 0 Å². The van der Waals surface area contributed by atoms with Gasteiger partial charge in [-0.1, -0.05) is 29.8 Å². The second kappa shape index (κ2) is 5.71. The SMILES string of the molecule is Cc1cccc(CN2CCC(c3nccc(C)n3)C2)c1. The molecule has 0 aliphatic carbocycles. The van der Waals surface area contributed by atoms with E-state index in [2.05, 4.69) is 46.1 Å². The fraction of sp³-hybridized carbons (Fsp3) is 0.412. The topological polar surface area (TPSA) is 29.0 Å². The molecule has 3 heteroatoms. The van der Waals surface area contributed by atoms with E-state index in [-0.39, 0.29) is 0 Å². The number of aromatic nitrogens is 2. The van der Waals surface area contributed by atoms with Crippen molar-refractivity contribution in [3.8, 4) is 0 Å². The van der Waals surface area contributed by atoms with Gasteiger partial charge < -0.3 is 0 Å². The normalized spacial score (nSPS) is 19.4. The number of rotatable bonds is 3. The Kier molecular flexibility index (Phi) is 3.79. The number of hydrogen-bond acceptors (Lipinski definition) is 3. The molecule has 1 saturated heterocycles. The van der Waals surface area contributed by atoms with Crippen molar-refractivity contribution < 1.29 is 0 Å². The molecule has 0 amide bonds. The minimum absolute atomic E-state index is 0.486. The van der Waals surface area contributed by atoms with E-state index in [9.17, 15) is 0 Å². The highest BCUT2D eigenvalue weighted by Crippen LogP contribution is 2.25. The van der Waals surface area contributed by atoms with Crippen LogP contribution in [0, 0.1) is 13.8 Å². The van der Waals surface area contributed by atoms with Crippen molar-refractivity contribution in [2.75, 3.05) is 13.1 Å². The molecule has 3 rings (SSSR count). The zero-order chi connectivity index (χ0) is 13.9. The second-order valence-electron chi connectivity index (χ2n) is 5.77. The van der Waals surface area contributed by atoms with Gasteiger partial charge in [-0.3, -0.25) is 4.90 Å². The lowest BCUT2D eigenvalue weighted by molar-refractivity contribution is 0.325. The Morgan fingerprint density at radius 2 is 2.15 bits per heavy atom. The van der Waals surface area contributed by atoms with Crippen LogP contribution in [-0.2, 0) is 6.54 Å². The number of likely N-dealkylation sites (tertiary alicyclic amines) is 1. The van der Waals surface area contributed by atoms with Gasteiger partial charge in [-0.2, -0.15) is 0 Å². The third-order valence-electron chi connectivity index (χ3n) is 3.94. The fourth-order valence-electron chi connectivity index (χ4n) is 2.92. The molecule has 104 valence electrons. The van der Waals surface area contributed by atoms with Gasteiger partial charge in [0.25, 0.3) is 0 Å². The third kappa shape index (κ3) is 3.05. The molecule has 1 aromatic carbocycles. The quantitative estimate of drug-likeness (QED) is 0.855. The Balaban J connectivity index is 1.65. The Morgan fingerprint density at radius 1 is 1.25 bits per heavy atom. The summed E-state index contributed by atoms with van der Waals surface area (Å²) in [5, 5.41) is 0. The largest absolute Gasteiger partial charge is 0.298 e. The average Bonchev–Trinajstić information content (AvgIpc) is 2.87. The lowest BCUT2D eigenvalue weighted by Crippen LogP contribution is -2.20. The molecule has 1 aliphatic heterocycles. The van der Waals surface area contributed by atoms with Crippen molar-refractivity contribution >= 4 is 0 Å². The minimum Gasteiger partial charge on any atom is -0.298 e. The zero-order valence-electron chi connectivity index (χ0n) is 12.2. The summed E-state index contributed by atoms with van der Waals surface area (Å²) in [4.78, 5) is 11.5. The van der Waals surface area contributed by atoms with Crippen LogP contribution in [0.3, 0.4) is 0 Å². The summed E-state index contributed by atoms with van der Waals surface area (Å²) in [7, 11) is 0. The first-order chi connectivity index (χ1) is 9.70. The molecular formula is C17H21N3. The predicted molar refractivity (Wildman–Crippen MR) is 80.6 cm³/mol. The van der Waals surface area contributed by atoms with Gasteiger partial charge in [0.1, 0.15) is 5.82 Å². The lowest BCUT2D eigenvalue weighted by Gasteiger charge is -2.16. The van der Waals surface area contributed by atoms with E-state index in [0.717, 1.165) is 37.6 Å². The molecular weight excluding hydrogens is 246 g/mol. The standard InChI is InChI=1S/C17H21N3/c1-13-4-3-5-15(10-13)11-20-9-7-16(12-20)17-18-8-6-14(2)19-17/h3-6,8,10,16H,7,9,11-12H2,1-2H3. The summed E-state index contributed by atoms with van der Waals surface area (Å²) in [5.74, 6) is 1.50. The molecule has 20 heavy (non-hydrogen) atoms. The van der Waals surface area contributed by atoms with Gasteiger partial charge in [0.05, 0.1) is 0 Å². The molecule has 1 unspecified atom stereocenters. The Hall–Kier alpha value is -1.74. The first-order valence-corrected chi connectivity index (χ1v) is 7.28. The van der Waals surface area contributed by atoms with Crippen LogP contribution in [0.5, 0.6) is 0 Å². The van der Waals surface area contributed by atoms with Crippen LogP contribution >= 0.6 is 0 Å². The van der Waals surface area contributed by atoms with Gasteiger partial charge in [-0.05, 0) is 38.4 Å². The molecule has 0 spiro atoms. The van der Waals surface area contributed by atoms with E-state index in [1.54, 1.807) is 0 Å². The van der Waals surface area contributed by atoms with E-state index < -0.39 is 0 Å². The minimum atomic E-state index is 0.486. The molecule has 0 radical (unpaired) electrons. The van der Waals surface area contributed by atoms with Gasteiger partial charge in [0.2, 0.25) is 0 Å². The summed E-state index contributed by atoms with van der Waals surface area (Å²) in [6.07, 6.45) is 3.04. The van der Waals surface area contributed by atoms with Crippen LogP contribution in [0.15, 0.2) is 36.5 Å². The number of hydrogen-bond donors (Lipinski definition) is 0. The van der Waals surface area contributed by atoms with Gasteiger partial charge in [-0.25, -0.2) is 9.97 Å². The van der Waals surface area contributed by atoms with Gasteiger partial charge in [0.15, 0.2) is 0 Å². The number of benzene rings is 1. The smallest absolute Gasteiger partial charge is 0.132 e. The van der Waals surface area contributed by atoms with Crippen LogP contribution in [-0.4, -0.2) is 28.0 Å². The molecule has 0 saturated carbocycles. The average molecular weight is 267 g/mol. The van der Waals surface area contributed by atoms with Crippen molar-refractivity contribution in [1.82, 2.24) is 14.9 Å². The van der Waals surface area contributed by atoms with Crippen molar-refractivity contribution in [2.45, 2.75) is 32.7 Å². The van der Waals surface area contributed by atoms with Crippen molar-refractivity contribution in [2.24, 2.45) is 0 Å². The summed E-state index contributed by atoms with van der Waals surface area (Å²) < 4.78 is 0. The summed E-state index contributed by atoms with van der Waals surface area (Å²) in [5.41, 5.74) is 3.79. The number of nitrogens with zero attached hydrogens (tertiary/aromatic N) is 3. The zero-order valence-corrected chi connectivity index (χ0v) is 12.2. The Morgan fingerprint density at radius 3 is 2.95 bits per heavy atom. The van der Waals surface area contributed by atoms with Crippen molar-refractivity contribution in [1.29, 1.82) is 0 Å². The molecule has 0 N–H and O–H groups in total. The predicted octanol–water partition coefficient (Wildman–Crippen LogP) is 3.08. The van der Waals surface area contributed by atoms with Crippen LogP contribution in [0.4, 0.5) is 0 Å². The fourth-order valence-corrected chi connectivity index (χ4v) is 2.92. The molecule has 1 atom stereocenters. The molecule has 1 aliphatic rings. The van der Waals surface area contributed by atoms with Crippen LogP contribution in [0.1, 0.15) is 35.0 Å². The van der Waals surface area contributed by atoms with Crippen molar-refractivity contribution in [3.05, 3.63) is 59.2 Å². The first kappa shape index (κ1) is 13.3. The second-order valence-corrected chi connectivity index (χ2v) is 5.77. The van der Waals surface area contributed by atoms with Gasteiger partial charge in [-0.15, -0.1) is 0 Å². The van der Waals surface area contributed by atoms with Crippen LogP contribution in [0.25, 0.3) is 0 Å². The summed E-state index contributed by atoms with van der Waals surface area (Å²) in [6.45, 7) is 7.42. The van der Waals surface area contributed by atoms with Gasteiger partial charge in [0, 0.05) is 30.9 Å². The monoisotopic (exact) mass is 267 g/mol. The van der Waals surface area contributed by atoms with E-state index in [1.165, 1.54) is 11.1 Å². The Bertz CT molecular complexity index is 594. The molecule has 1 fully saturated rings. The number of aryl methyl sites for hydroxylation is 2. The maximum Gasteiger partial charge on any atom is 0.132 e.